The fourth-order valence-corrected chi connectivity index (χ4v) is 3.21. The summed E-state index contributed by atoms with van der Waals surface area (Å²) in [6.07, 6.45) is 5.79. The van der Waals surface area contributed by atoms with Crippen LogP contribution in [0, 0.1) is 11.7 Å². The first kappa shape index (κ1) is 20.1. The minimum atomic E-state index is -0.224. The van der Waals surface area contributed by atoms with Gasteiger partial charge in [-0.25, -0.2) is 4.39 Å². The summed E-state index contributed by atoms with van der Waals surface area (Å²) in [7, 11) is 0. The maximum absolute atomic E-state index is 12.8. The van der Waals surface area contributed by atoms with Gasteiger partial charge in [0.2, 0.25) is 5.91 Å². The Labute approximate surface area is 156 Å². The smallest absolute Gasteiger partial charge is 0.234 e. The number of rotatable bonds is 8. The van der Waals surface area contributed by atoms with Gasteiger partial charge in [-0.15, -0.1) is 12.4 Å². The minimum absolute atomic E-state index is 0. The molecule has 2 fully saturated rings. The van der Waals surface area contributed by atoms with Gasteiger partial charge >= 0.3 is 0 Å². The average Bonchev–Trinajstić information content (AvgIpc) is 3.40. The van der Waals surface area contributed by atoms with Crippen LogP contribution in [-0.4, -0.2) is 49.6 Å². The zero-order valence-electron chi connectivity index (χ0n) is 14.7. The molecule has 1 amide bonds. The quantitative estimate of drug-likeness (QED) is 0.739. The normalized spacial score (nSPS) is 18.6. The zero-order chi connectivity index (χ0) is 16.8. The van der Waals surface area contributed by atoms with Gasteiger partial charge in [-0.3, -0.25) is 9.69 Å². The molecule has 2 N–H and O–H groups in total. The number of hydrogen-bond donors (Lipinski definition) is 2. The fourth-order valence-electron chi connectivity index (χ4n) is 3.21. The average molecular weight is 370 g/mol. The summed E-state index contributed by atoms with van der Waals surface area (Å²) in [5.74, 6) is 0.786. The third-order valence-corrected chi connectivity index (χ3v) is 5.00. The van der Waals surface area contributed by atoms with Crippen molar-refractivity contribution in [2.75, 3.05) is 32.7 Å². The highest BCUT2D eigenvalue weighted by atomic mass is 35.5. The van der Waals surface area contributed by atoms with Crippen molar-refractivity contribution in [3.63, 3.8) is 0 Å². The Balaban J connectivity index is 0.00000225. The molecule has 6 heteroatoms. The van der Waals surface area contributed by atoms with Gasteiger partial charge < -0.3 is 10.6 Å². The predicted molar refractivity (Wildman–Crippen MR) is 101 cm³/mol. The molecule has 1 aliphatic carbocycles. The maximum atomic E-state index is 12.8. The summed E-state index contributed by atoms with van der Waals surface area (Å²) in [5, 5.41) is 6.62. The lowest BCUT2D eigenvalue weighted by Crippen LogP contribution is -2.46. The Kier molecular flexibility index (Phi) is 8.13. The molecule has 0 bridgehead atoms. The van der Waals surface area contributed by atoms with Crippen LogP contribution in [0.3, 0.4) is 0 Å². The van der Waals surface area contributed by atoms with E-state index in [9.17, 15) is 9.18 Å². The molecule has 1 saturated carbocycles. The van der Waals surface area contributed by atoms with Crippen molar-refractivity contribution >= 4 is 18.3 Å². The molecule has 140 valence electrons. The van der Waals surface area contributed by atoms with Crippen LogP contribution in [0.1, 0.15) is 31.2 Å². The van der Waals surface area contributed by atoms with Crippen LogP contribution in [-0.2, 0) is 11.2 Å². The van der Waals surface area contributed by atoms with Gasteiger partial charge in [-0.05, 0) is 62.3 Å². The molecule has 3 rings (SSSR count). The molecule has 0 radical (unpaired) electrons. The Hall–Kier alpha value is -1.17. The van der Waals surface area contributed by atoms with Crippen molar-refractivity contribution in [2.24, 2.45) is 5.92 Å². The number of amides is 1. The van der Waals surface area contributed by atoms with Gasteiger partial charge in [0.05, 0.1) is 6.54 Å². The summed E-state index contributed by atoms with van der Waals surface area (Å²) in [6, 6.07) is 7.07. The minimum Gasteiger partial charge on any atom is -0.355 e. The van der Waals surface area contributed by atoms with E-state index >= 15 is 0 Å². The van der Waals surface area contributed by atoms with Crippen LogP contribution in [0.15, 0.2) is 24.3 Å². The molecule has 0 spiro atoms. The second-order valence-electron chi connectivity index (χ2n) is 7.13. The first-order chi connectivity index (χ1) is 11.7. The number of carbonyl (C=O) groups excluding carboxylic acids is 1. The van der Waals surface area contributed by atoms with Gasteiger partial charge in [0, 0.05) is 25.7 Å². The Morgan fingerprint density at radius 2 is 1.80 bits per heavy atom. The van der Waals surface area contributed by atoms with E-state index in [2.05, 4.69) is 15.5 Å². The molecule has 2 aliphatic rings. The van der Waals surface area contributed by atoms with Gasteiger partial charge in [-0.1, -0.05) is 12.1 Å². The van der Waals surface area contributed by atoms with Crippen molar-refractivity contribution in [1.82, 2.24) is 15.5 Å². The van der Waals surface area contributed by atoms with E-state index < -0.39 is 0 Å². The number of carbonyl (C=O) groups is 1. The van der Waals surface area contributed by atoms with Crippen LogP contribution in [0.4, 0.5) is 4.39 Å². The summed E-state index contributed by atoms with van der Waals surface area (Å²) >= 11 is 0. The molecule has 1 aliphatic heterocycles. The molecule has 25 heavy (non-hydrogen) atoms. The Morgan fingerprint density at radius 1 is 1.12 bits per heavy atom. The van der Waals surface area contributed by atoms with E-state index in [1.54, 1.807) is 12.1 Å². The lowest BCUT2D eigenvalue weighted by molar-refractivity contribution is -0.122. The zero-order valence-corrected chi connectivity index (χ0v) is 15.5. The van der Waals surface area contributed by atoms with E-state index in [0.717, 1.165) is 43.8 Å². The molecule has 1 aromatic rings. The SMILES string of the molecule is Cl.O=C(CN1CCC(NCC2CC2)CC1)NCCc1ccc(F)cc1. The van der Waals surface area contributed by atoms with Gasteiger partial charge in [-0.2, -0.15) is 0 Å². The number of nitrogens with zero attached hydrogens (tertiary/aromatic N) is 1. The van der Waals surface area contributed by atoms with E-state index in [1.165, 1.54) is 31.5 Å². The van der Waals surface area contributed by atoms with Gasteiger partial charge in [0.1, 0.15) is 5.82 Å². The molecular formula is C19H29ClFN3O. The number of halogens is 2. The Morgan fingerprint density at radius 3 is 2.44 bits per heavy atom. The van der Waals surface area contributed by atoms with Gasteiger partial charge in [0.15, 0.2) is 0 Å². The highest BCUT2D eigenvalue weighted by Gasteiger charge is 2.24. The van der Waals surface area contributed by atoms with Crippen molar-refractivity contribution in [3.8, 4) is 0 Å². The lowest BCUT2D eigenvalue weighted by atomic mass is 10.0. The fraction of sp³-hybridized carbons (Fsp3) is 0.632. The molecular weight excluding hydrogens is 341 g/mol. The number of likely N-dealkylation sites (tertiary alicyclic amines) is 1. The van der Waals surface area contributed by atoms with Crippen LogP contribution in [0.5, 0.6) is 0 Å². The van der Waals surface area contributed by atoms with Crippen molar-refractivity contribution < 1.29 is 9.18 Å². The highest BCUT2D eigenvalue weighted by molar-refractivity contribution is 5.85. The van der Waals surface area contributed by atoms with E-state index in [0.29, 0.717) is 19.1 Å². The summed E-state index contributed by atoms with van der Waals surface area (Å²) in [6.45, 7) is 4.25. The highest BCUT2D eigenvalue weighted by Crippen LogP contribution is 2.28. The molecule has 0 unspecified atom stereocenters. The van der Waals surface area contributed by atoms with Crippen molar-refractivity contribution in [3.05, 3.63) is 35.6 Å². The molecule has 0 aromatic heterocycles. The van der Waals surface area contributed by atoms with Crippen LogP contribution < -0.4 is 10.6 Å². The largest absolute Gasteiger partial charge is 0.355 e. The molecule has 1 saturated heterocycles. The second-order valence-corrected chi connectivity index (χ2v) is 7.13. The van der Waals surface area contributed by atoms with E-state index in [-0.39, 0.29) is 24.1 Å². The number of piperidine rings is 1. The topological polar surface area (TPSA) is 44.4 Å². The predicted octanol–water partition coefficient (Wildman–Crippen LogP) is 2.37. The third kappa shape index (κ3) is 7.30. The molecule has 1 aromatic carbocycles. The van der Waals surface area contributed by atoms with Crippen molar-refractivity contribution in [1.29, 1.82) is 0 Å². The van der Waals surface area contributed by atoms with Crippen molar-refractivity contribution in [2.45, 2.75) is 38.1 Å². The number of benzene rings is 1. The molecule has 1 heterocycles. The lowest BCUT2D eigenvalue weighted by Gasteiger charge is -2.32. The standard InChI is InChI=1S/C19H28FN3O.ClH/c20-17-5-3-15(4-6-17)7-10-21-19(24)14-23-11-8-18(9-12-23)22-13-16-1-2-16;/h3-6,16,18,22H,1-2,7-14H2,(H,21,24);1H. The van der Waals surface area contributed by atoms with Gasteiger partial charge in [0.25, 0.3) is 0 Å². The van der Waals surface area contributed by atoms with E-state index in [1.807, 2.05) is 0 Å². The molecule has 0 atom stereocenters. The summed E-state index contributed by atoms with van der Waals surface area (Å²) in [5.41, 5.74) is 1.04. The van der Waals surface area contributed by atoms with Crippen LogP contribution in [0.25, 0.3) is 0 Å². The third-order valence-electron chi connectivity index (χ3n) is 5.00. The number of hydrogen-bond acceptors (Lipinski definition) is 3. The maximum Gasteiger partial charge on any atom is 0.234 e. The number of nitrogens with one attached hydrogen (secondary N) is 2. The Bertz CT molecular complexity index is 528. The molecule has 4 nitrogen and oxygen atoms in total. The first-order valence-corrected chi connectivity index (χ1v) is 9.16. The summed E-state index contributed by atoms with van der Waals surface area (Å²) in [4.78, 5) is 14.3. The monoisotopic (exact) mass is 369 g/mol. The van der Waals surface area contributed by atoms with Crippen LogP contribution in [0.2, 0.25) is 0 Å². The summed E-state index contributed by atoms with van der Waals surface area (Å²) < 4.78 is 12.8. The van der Waals surface area contributed by atoms with E-state index in [4.69, 9.17) is 0 Å². The second kappa shape index (κ2) is 10.1. The van der Waals surface area contributed by atoms with Crippen LogP contribution >= 0.6 is 12.4 Å². The first-order valence-electron chi connectivity index (χ1n) is 9.16.